The van der Waals surface area contributed by atoms with Crippen molar-refractivity contribution < 1.29 is 12.8 Å². The molecule has 0 radical (unpaired) electrons. The Kier molecular flexibility index (Phi) is 4.67. The van der Waals surface area contributed by atoms with Crippen molar-refractivity contribution in [1.82, 2.24) is 4.72 Å². The fourth-order valence-corrected chi connectivity index (χ4v) is 2.49. The summed E-state index contributed by atoms with van der Waals surface area (Å²) in [5, 5.41) is 0.0409. The topological polar surface area (TPSA) is 72.2 Å². The third kappa shape index (κ3) is 3.71. The fraction of sp³-hybridized carbons (Fsp3) is 0.333. The molecule has 0 aliphatic carbocycles. The molecular formula is C9H12ClFN2O2S. The van der Waals surface area contributed by atoms with Crippen LogP contribution >= 0.6 is 11.6 Å². The number of hydrogen-bond donors (Lipinski definition) is 2. The predicted octanol–water partition coefficient (Wildman–Crippen LogP) is 1.11. The minimum Gasteiger partial charge on any atom is -0.330 e. The van der Waals surface area contributed by atoms with E-state index in [4.69, 9.17) is 17.3 Å². The van der Waals surface area contributed by atoms with E-state index in [9.17, 15) is 12.8 Å². The van der Waals surface area contributed by atoms with E-state index < -0.39 is 15.8 Å². The Morgan fingerprint density at radius 2 is 2.06 bits per heavy atom. The highest BCUT2D eigenvalue weighted by molar-refractivity contribution is 7.89. The lowest BCUT2D eigenvalue weighted by Crippen LogP contribution is -2.26. The second kappa shape index (κ2) is 5.58. The summed E-state index contributed by atoms with van der Waals surface area (Å²) in [7, 11) is -3.71. The van der Waals surface area contributed by atoms with Gasteiger partial charge in [-0.05, 0) is 31.2 Å². The third-order valence-corrected chi connectivity index (χ3v) is 3.48. The van der Waals surface area contributed by atoms with Gasteiger partial charge in [0.05, 0.1) is 4.90 Å². The molecule has 16 heavy (non-hydrogen) atoms. The first kappa shape index (κ1) is 13.4. The summed E-state index contributed by atoms with van der Waals surface area (Å²) in [4.78, 5) is -0.186. The molecule has 0 aliphatic heterocycles. The second-order valence-corrected chi connectivity index (χ2v) is 5.35. The van der Waals surface area contributed by atoms with E-state index in [-0.39, 0.29) is 16.5 Å². The molecule has 0 bridgehead atoms. The Morgan fingerprint density at radius 1 is 1.38 bits per heavy atom. The highest BCUT2D eigenvalue weighted by Crippen LogP contribution is 2.17. The van der Waals surface area contributed by atoms with E-state index in [2.05, 4.69) is 4.72 Å². The van der Waals surface area contributed by atoms with E-state index in [1.165, 1.54) is 6.07 Å². The molecule has 0 atom stereocenters. The molecule has 0 unspecified atom stereocenters. The average molecular weight is 267 g/mol. The van der Waals surface area contributed by atoms with Crippen LogP contribution < -0.4 is 10.5 Å². The Labute approximate surface area is 98.6 Å². The van der Waals surface area contributed by atoms with Crippen molar-refractivity contribution in [2.75, 3.05) is 13.1 Å². The van der Waals surface area contributed by atoms with Gasteiger partial charge in [0.1, 0.15) is 5.82 Å². The first-order valence-corrected chi connectivity index (χ1v) is 6.47. The number of nitrogens with two attached hydrogens (primary N) is 1. The van der Waals surface area contributed by atoms with Gasteiger partial charge in [0, 0.05) is 11.6 Å². The number of hydrogen-bond acceptors (Lipinski definition) is 3. The van der Waals surface area contributed by atoms with Crippen molar-refractivity contribution in [1.29, 1.82) is 0 Å². The van der Waals surface area contributed by atoms with E-state index in [1.54, 1.807) is 0 Å². The highest BCUT2D eigenvalue weighted by Gasteiger charge is 2.14. The summed E-state index contributed by atoms with van der Waals surface area (Å²) >= 11 is 5.57. The van der Waals surface area contributed by atoms with E-state index in [0.717, 1.165) is 12.1 Å². The first-order valence-electron chi connectivity index (χ1n) is 4.61. The zero-order valence-corrected chi connectivity index (χ0v) is 9.98. The summed E-state index contributed by atoms with van der Waals surface area (Å²) in [6, 6.07) is 3.15. The largest absolute Gasteiger partial charge is 0.330 e. The molecule has 1 aromatic carbocycles. The van der Waals surface area contributed by atoms with Crippen LogP contribution in [0.15, 0.2) is 23.1 Å². The molecule has 0 fully saturated rings. The fourth-order valence-electron chi connectivity index (χ4n) is 1.08. The molecule has 1 aromatic rings. The van der Waals surface area contributed by atoms with Crippen molar-refractivity contribution in [3.05, 3.63) is 29.0 Å². The third-order valence-electron chi connectivity index (χ3n) is 1.82. The average Bonchev–Trinajstić information content (AvgIpc) is 2.16. The molecule has 0 saturated carbocycles. The minimum absolute atomic E-state index is 0.0409. The standard InChI is InChI=1S/C9H12ClFN2O2S/c10-7-4-8(11)6-9(5-7)16(14,15)13-3-1-2-12/h4-6,13H,1-3,12H2. The maximum atomic E-state index is 13.0. The number of nitrogens with one attached hydrogen (secondary N) is 1. The lowest BCUT2D eigenvalue weighted by atomic mass is 10.3. The smallest absolute Gasteiger partial charge is 0.240 e. The van der Waals surface area contributed by atoms with Crippen molar-refractivity contribution in [3.8, 4) is 0 Å². The molecule has 0 aromatic heterocycles. The number of rotatable bonds is 5. The van der Waals surface area contributed by atoms with Gasteiger partial charge in [0.15, 0.2) is 0 Å². The number of sulfonamides is 1. The van der Waals surface area contributed by atoms with Crippen molar-refractivity contribution in [3.63, 3.8) is 0 Å². The molecule has 0 heterocycles. The first-order chi connectivity index (χ1) is 7.45. The molecule has 3 N–H and O–H groups in total. The lowest BCUT2D eigenvalue weighted by molar-refractivity contribution is 0.576. The molecular weight excluding hydrogens is 255 g/mol. The van der Waals surface area contributed by atoms with Crippen LogP contribution in [0.4, 0.5) is 4.39 Å². The van der Waals surface area contributed by atoms with Crippen LogP contribution in [0.3, 0.4) is 0 Å². The summed E-state index contributed by atoms with van der Waals surface area (Å²) in [5.74, 6) is -0.688. The SMILES string of the molecule is NCCCNS(=O)(=O)c1cc(F)cc(Cl)c1. The van der Waals surface area contributed by atoms with Crippen molar-refractivity contribution in [2.24, 2.45) is 5.73 Å². The summed E-state index contributed by atoms with van der Waals surface area (Å²) in [6.45, 7) is 0.597. The maximum Gasteiger partial charge on any atom is 0.240 e. The van der Waals surface area contributed by atoms with Gasteiger partial charge in [-0.1, -0.05) is 11.6 Å². The maximum absolute atomic E-state index is 13.0. The minimum atomic E-state index is -3.71. The second-order valence-electron chi connectivity index (χ2n) is 3.15. The normalized spacial score (nSPS) is 11.7. The Hall–Kier alpha value is -0.690. The van der Waals surface area contributed by atoms with Crippen LogP contribution in [-0.4, -0.2) is 21.5 Å². The van der Waals surface area contributed by atoms with Crippen molar-refractivity contribution in [2.45, 2.75) is 11.3 Å². The van der Waals surface area contributed by atoms with Gasteiger partial charge >= 0.3 is 0 Å². The quantitative estimate of drug-likeness (QED) is 0.784. The van der Waals surface area contributed by atoms with Gasteiger partial charge < -0.3 is 5.73 Å². The van der Waals surface area contributed by atoms with E-state index in [0.29, 0.717) is 13.0 Å². The Balaban J connectivity index is 2.89. The van der Waals surface area contributed by atoms with Gasteiger partial charge in [0.2, 0.25) is 10.0 Å². The van der Waals surface area contributed by atoms with Crippen LogP contribution in [0.25, 0.3) is 0 Å². The Bertz CT molecular complexity index is 444. The lowest BCUT2D eigenvalue weighted by Gasteiger charge is -2.06. The predicted molar refractivity (Wildman–Crippen MR) is 60.3 cm³/mol. The van der Waals surface area contributed by atoms with Crippen LogP contribution in [-0.2, 0) is 10.0 Å². The van der Waals surface area contributed by atoms with Gasteiger partial charge in [-0.2, -0.15) is 0 Å². The number of halogens is 2. The summed E-state index contributed by atoms with van der Waals surface area (Å²) in [5.41, 5.74) is 5.23. The molecule has 1 rings (SSSR count). The van der Waals surface area contributed by atoms with Gasteiger partial charge in [-0.3, -0.25) is 0 Å². The van der Waals surface area contributed by atoms with Crippen LogP contribution in [0, 0.1) is 5.82 Å². The van der Waals surface area contributed by atoms with Gasteiger partial charge in [0.25, 0.3) is 0 Å². The zero-order chi connectivity index (χ0) is 12.2. The highest BCUT2D eigenvalue weighted by atomic mass is 35.5. The zero-order valence-electron chi connectivity index (χ0n) is 8.41. The van der Waals surface area contributed by atoms with Crippen LogP contribution in [0.2, 0.25) is 5.02 Å². The van der Waals surface area contributed by atoms with Crippen LogP contribution in [0.5, 0.6) is 0 Å². The molecule has 0 amide bonds. The monoisotopic (exact) mass is 266 g/mol. The molecule has 0 saturated heterocycles. The van der Waals surface area contributed by atoms with Crippen molar-refractivity contribution >= 4 is 21.6 Å². The molecule has 0 spiro atoms. The summed E-state index contributed by atoms with van der Waals surface area (Å²) < 4.78 is 38.5. The molecule has 90 valence electrons. The number of benzene rings is 1. The van der Waals surface area contributed by atoms with Gasteiger partial charge in [-0.15, -0.1) is 0 Å². The molecule has 7 heteroatoms. The molecule has 0 aliphatic rings. The van der Waals surface area contributed by atoms with E-state index >= 15 is 0 Å². The Morgan fingerprint density at radius 3 is 2.62 bits per heavy atom. The van der Waals surface area contributed by atoms with Crippen LogP contribution in [0.1, 0.15) is 6.42 Å². The summed E-state index contributed by atoms with van der Waals surface area (Å²) in [6.07, 6.45) is 0.516. The molecule has 4 nitrogen and oxygen atoms in total. The van der Waals surface area contributed by atoms with E-state index in [1.807, 2.05) is 0 Å². The van der Waals surface area contributed by atoms with Gasteiger partial charge in [-0.25, -0.2) is 17.5 Å².